The zero-order valence-electron chi connectivity index (χ0n) is 15.9. The summed E-state index contributed by atoms with van der Waals surface area (Å²) in [5.41, 5.74) is 1.11. The summed E-state index contributed by atoms with van der Waals surface area (Å²) in [5, 5.41) is 15.9. The average Bonchev–Trinajstić information content (AvgIpc) is 3.29. The molecule has 7 heteroatoms. The molecule has 0 saturated carbocycles. The van der Waals surface area contributed by atoms with E-state index >= 15 is 0 Å². The van der Waals surface area contributed by atoms with Gasteiger partial charge in [0.05, 0.1) is 12.0 Å². The number of amides is 1. The van der Waals surface area contributed by atoms with E-state index in [4.69, 9.17) is 0 Å². The Morgan fingerprint density at radius 3 is 2.61 bits per heavy atom. The number of piperidine rings is 1. The van der Waals surface area contributed by atoms with Gasteiger partial charge in [0, 0.05) is 25.5 Å². The van der Waals surface area contributed by atoms with E-state index in [0.717, 1.165) is 30.8 Å². The molecular formula is C21H24N6O. The van der Waals surface area contributed by atoms with Crippen LogP contribution in [0.25, 0.3) is 5.82 Å². The largest absolute Gasteiger partial charge is 0.354 e. The summed E-state index contributed by atoms with van der Waals surface area (Å²) in [5.74, 6) is 1.52. The van der Waals surface area contributed by atoms with Crippen LogP contribution in [0.4, 0.5) is 5.82 Å². The van der Waals surface area contributed by atoms with E-state index in [9.17, 15) is 4.79 Å². The van der Waals surface area contributed by atoms with Gasteiger partial charge in [0.1, 0.15) is 0 Å². The number of anilines is 1. The second kappa shape index (κ2) is 8.21. The van der Waals surface area contributed by atoms with Gasteiger partial charge in [0.15, 0.2) is 11.6 Å². The fraction of sp³-hybridized carbons (Fsp3) is 0.333. The number of carbonyl (C=O) groups excluding carboxylic acids is 1. The molecule has 2 atom stereocenters. The Morgan fingerprint density at radius 2 is 1.89 bits per heavy atom. The lowest BCUT2D eigenvalue weighted by Gasteiger charge is -2.33. The van der Waals surface area contributed by atoms with Gasteiger partial charge in [0.2, 0.25) is 5.91 Å². The van der Waals surface area contributed by atoms with Gasteiger partial charge in [-0.2, -0.15) is 5.10 Å². The molecule has 7 nitrogen and oxygen atoms in total. The number of nitrogens with zero attached hydrogens (tertiary/aromatic N) is 5. The van der Waals surface area contributed by atoms with E-state index < -0.39 is 0 Å². The predicted octanol–water partition coefficient (Wildman–Crippen LogP) is 2.76. The van der Waals surface area contributed by atoms with Gasteiger partial charge in [-0.1, -0.05) is 30.3 Å². The van der Waals surface area contributed by atoms with Crippen LogP contribution in [0.2, 0.25) is 0 Å². The summed E-state index contributed by atoms with van der Waals surface area (Å²) in [4.78, 5) is 14.9. The molecule has 1 aliphatic rings. The number of nitrogens with one attached hydrogen (secondary N) is 1. The van der Waals surface area contributed by atoms with Gasteiger partial charge in [-0.3, -0.25) is 4.79 Å². The fourth-order valence-electron chi connectivity index (χ4n) is 3.57. The molecule has 0 bridgehead atoms. The standard InChI is InChI=1S/C21H24N6O/c1-16(17-7-3-2-4-8-17)23-21(28)18-9-5-13-26(15-18)19-10-11-20(25-24-19)27-14-6-12-22-27/h2-4,6-8,10-12,14,16,18H,5,9,13,15H2,1H3,(H,23,28)/t16-,18-/m1/s1. The predicted molar refractivity (Wildman–Crippen MR) is 107 cm³/mol. The van der Waals surface area contributed by atoms with Crippen LogP contribution in [0, 0.1) is 5.92 Å². The first kappa shape index (κ1) is 18.2. The summed E-state index contributed by atoms with van der Waals surface area (Å²) in [6.07, 6.45) is 5.39. The van der Waals surface area contributed by atoms with Crippen LogP contribution >= 0.6 is 0 Å². The second-order valence-electron chi connectivity index (χ2n) is 7.13. The van der Waals surface area contributed by atoms with Crippen LogP contribution in [0.3, 0.4) is 0 Å². The van der Waals surface area contributed by atoms with Crippen LogP contribution in [-0.2, 0) is 4.79 Å². The highest BCUT2D eigenvalue weighted by molar-refractivity contribution is 5.80. The fourth-order valence-corrected chi connectivity index (χ4v) is 3.57. The lowest BCUT2D eigenvalue weighted by atomic mass is 9.96. The molecule has 0 radical (unpaired) electrons. The number of benzene rings is 1. The first-order valence-electron chi connectivity index (χ1n) is 9.65. The molecule has 1 fully saturated rings. The van der Waals surface area contributed by atoms with E-state index in [1.807, 2.05) is 61.7 Å². The first-order chi connectivity index (χ1) is 13.7. The van der Waals surface area contributed by atoms with Gasteiger partial charge in [0.25, 0.3) is 0 Å². The zero-order valence-corrected chi connectivity index (χ0v) is 15.9. The highest BCUT2D eigenvalue weighted by Crippen LogP contribution is 2.23. The van der Waals surface area contributed by atoms with Gasteiger partial charge in [-0.05, 0) is 43.5 Å². The normalized spacial score (nSPS) is 17.9. The summed E-state index contributed by atoms with van der Waals surface area (Å²) >= 11 is 0. The van der Waals surface area contributed by atoms with E-state index in [0.29, 0.717) is 12.4 Å². The molecule has 0 aliphatic carbocycles. The van der Waals surface area contributed by atoms with Crippen molar-refractivity contribution in [2.24, 2.45) is 5.92 Å². The van der Waals surface area contributed by atoms with Crippen molar-refractivity contribution in [1.82, 2.24) is 25.3 Å². The Kier molecular flexibility index (Phi) is 5.32. The van der Waals surface area contributed by atoms with Crippen LogP contribution < -0.4 is 10.2 Å². The third-order valence-electron chi connectivity index (χ3n) is 5.15. The van der Waals surface area contributed by atoms with E-state index in [-0.39, 0.29) is 17.9 Å². The third-order valence-corrected chi connectivity index (χ3v) is 5.15. The van der Waals surface area contributed by atoms with Crippen molar-refractivity contribution >= 4 is 11.7 Å². The van der Waals surface area contributed by atoms with Gasteiger partial charge < -0.3 is 10.2 Å². The molecule has 1 amide bonds. The minimum absolute atomic E-state index is 0.00257. The summed E-state index contributed by atoms with van der Waals surface area (Å²) in [6.45, 7) is 3.56. The van der Waals surface area contributed by atoms with Gasteiger partial charge in [-0.25, -0.2) is 4.68 Å². The monoisotopic (exact) mass is 376 g/mol. The Labute approximate surface area is 164 Å². The molecule has 4 rings (SSSR count). The van der Waals surface area contributed by atoms with Gasteiger partial charge in [-0.15, -0.1) is 10.2 Å². The highest BCUT2D eigenvalue weighted by Gasteiger charge is 2.27. The minimum atomic E-state index is -0.0486. The Morgan fingerprint density at radius 1 is 1.11 bits per heavy atom. The Hall–Kier alpha value is -3.22. The van der Waals surface area contributed by atoms with Crippen molar-refractivity contribution in [3.8, 4) is 5.82 Å². The Balaban J connectivity index is 1.39. The maximum Gasteiger partial charge on any atom is 0.225 e. The Bertz CT molecular complexity index is 894. The maximum atomic E-state index is 12.8. The summed E-state index contributed by atoms with van der Waals surface area (Å²) < 4.78 is 1.67. The second-order valence-corrected chi connectivity index (χ2v) is 7.13. The molecular weight excluding hydrogens is 352 g/mol. The molecule has 1 N–H and O–H groups in total. The van der Waals surface area contributed by atoms with E-state index in [1.165, 1.54) is 0 Å². The lowest BCUT2D eigenvalue weighted by Crippen LogP contribution is -2.44. The molecule has 144 valence electrons. The van der Waals surface area contributed by atoms with Crippen LogP contribution in [0.1, 0.15) is 31.4 Å². The molecule has 0 unspecified atom stereocenters. The topological polar surface area (TPSA) is 75.9 Å². The molecule has 2 aromatic heterocycles. The number of hydrogen-bond acceptors (Lipinski definition) is 5. The highest BCUT2D eigenvalue weighted by atomic mass is 16.2. The summed E-state index contributed by atoms with van der Waals surface area (Å²) in [7, 11) is 0. The number of carbonyl (C=O) groups is 1. The van der Waals surface area contributed by atoms with Crippen LogP contribution in [-0.4, -0.2) is 39.0 Å². The van der Waals surface area contributed by atoms with Crippen LogP contribution in [0.15, 0.2) is 60.9 Å². The van der Waals surface area contributed by atoms with Crippen molar-refractivity contribution < 1.29 is 4.79 Å². The van der Waals surface area contributed by atoms with E-state index in [2.05, 4.69) is 25.5 Å². The van der Waals surface area contributed by atoms with Crippen molar-refractivity contribution in [1.29, 1.82) is 0 Å². The third kappa shape index (κ3) is 4.03. The van der Waals surface area contributed by atoms with Gasteiger partial charge >= 0.3 is 0 Å². The SMILES string of the molecule is C[C@@H](NC(=O)[C@@H]1CCCN(c2ccc(-n3cccn3)nn2)C1)c1ccccc1. The first-order valence-corrected chi connectivity index (χ1v) is 9.65. The van der Waals surface area contributed by atoms with Crippen LogP contribution in [0.5, 0.6) is 0 Å². The van der Waals surface area contributed by atoms with E-state index in [1.54, 1.807) is 10.9 Å². The van der Waals surface area contributed by atoms with Crippen molar-refractivity contribution in [2.75, 3.05) is 18.0 Å². The molecule has 0 spiro atoms. The lowest BCUT2D eigenvalue weighted by molar-refractivity contribution is -0.125. The molecule has 3 aromatic rings. The molecule has 28 heavy (non-hydrogen) atoms. The molecule has 3 heterocycles. The summed E-state index contributed by atoms with van der Waals surface area (Å²) in [6, 6.07) is 15.7. The van der Waals surface area contributed by atoms with Crippen molar-refractivity contribution in [3.63, 3.8) is 0 Å². The number of rotatable bonds is 5. The number of hydrogen-bond donors (Lipinski definition) is 1. The number of aromatic nitrogens is 4. The zero-order chi connectivity index (χ0) is 19.3. The maximum absolute atomic E-state index is 12.8. The smallest absolute Gasteiger partial charge is 0.225 e. The molecule has 1 saturated heterocycles. The van der Waals surface area contributed by atoms with Crippen molar-refractivity contribution in [2.45, 2.75) is 25.8 Å². The molecule has 1 aliphatic heterocycles. The quantitative estimate of drug-likeness (QED) is 0.741. The average molecular weight is 376 g/mol. The van der Waals surface area contributed by atoms with Crippen molar-refractivity contribution in [3.05, 3.63) is 66.5 Å². The molecule has 1 aromatic carbocycles. The minimum Gasteiger partial charge on any atom is -0.354 e.